The number of piperazine rings is 1. The Morgan fingerprint density at radius 1 is 1.24 bits per heavy atom. The zero-order valence-corrected chi connectivity index (χ0v) is 18.5. The number of rotatable bonds is 7. The molecule has 2 heterocycles. The van der Waals surface area contributed by atoms with Gasteiger partial charge in [0.15, 0.2) is 17.7 Å². The Bertz CT molecular complexity index is 978. The Balaban J connectivity index is 1.67. The maximum Gasteiger partial charge on any atom is 0.256 e. The largest absolute Gasteiger partial charge is 0.474 e. The number of carbonyl (C=O) groups excluding carboxylic acids is 1. The molecule has 1 fully saturated rings. The van der Waals surface area contributed by atoms with Gasteiger partial charge in [-0.05, 0) is 12.2 Å². The number of aliphatic hydroxyl groups excluding tert-OH is 3. The molecule has 1 aliphatic rings. The summed E-state index contributed by atoms with van der Waals surface area (Å²) in [6.07, 6.45) is -1.86. The normalized spacial score (nSPS) is 15.8. The molecule has 2 aromatic rings. The predicted octanol–water partition coefficient (Wildman–Crippen LogP) is -1.07. The molecule has 11 nitrogen and oxygen atoms in total. The number of nitrogens with one attached hydrogen (secondary N) is 1. The van der Waals surface area contributed by atoms with Crippen LogP contribution in [0.4, 0.5) is 14.5 Å². The highest BCUT2D eigenvalue weighted by Gasteiger charge is 2.31. The third-order valence-corrected chi connectivity index (χ3v) is 5.43. The van der Waals surface area contributed by atoms with Crippen molar-refractivity contribution < 1.29 is 33.6 Å². The van der Waals surface area contributed by atoms with E-state index >= 15 is 0 Å². The lowest BCUT2D eigenvalue weighted by atomic mass is 10.1. The molecule has 180 valence electrons. The standard InChI is InChI=1S/C19H24F2N6O5S/c1-32-19(33)22-8-11-9-27(24-23-11)12-6-13(20)16(14(21)7-12)25-2-4-26(5-3-25)18(31)17(30)15(29)10-28/h6-7,9,15,17,28-30H,2-5,8,10H2,1H3,(H,22,33)/t15-,17?/m0/s1. The Labute approximate surface area is 193 Å². The van der Waals surface area contributed by atoms with E-state index < -0.39 is 36.4 Å². The molecule has 1 aromatic carbocycles. The van der Waals surface area contributed by atoms with Crippen LogP contribution in [-0.2, 0) is 16.1 Å². The van der Waals surface area contributed by atoms with Gasteiger partial charge in [0.1, 0.15) is 17.5 Å². The number of hydrogen-bond donors (Lipinski definition) is 4. The molecule has 1 unspecified atom stereocenters. The molecule has 33 heavy (non-hydrogen) atoms. The molecule has 1 aromatic heterocycles. The van der Waals surface area contributed by atoms with Gasteiger partial charge in [0.2, 0.25) is 0 Å². The van der Waals surface area contributed by atoms with Gasteiger partial charge in [0.05, 0.1) is 32.1 Å². The summed E-state index contributed by atoms with van der Waals surface area (Å²) in [7, 11) is 1.42. The van der Waals surface area contributed by atoms with Gasteiger partial charge in [0.25, 0.3) is 11.1 Å². The number of anilines is 1. The first-order chi connectivity index (χ1) is 15.7. The lowest BCUT2D eigenvalue weighted by Gasteiger charge is -2.37. The fraction of sp³-hybridized carbons (Fsp3) is 0.474. The van der Waals surface area contributed by atoms with Gasteiger partial charge < -0.3 is 35.2 Å². The quantitative estimate of drug-likeness (QED) is 0.358. The van der Waals surface area contributed by atoms with E-state index in [1.165, 1.54) is 27.8 Å². The van der Waals surface area contributed by atoms with Crippen LogP contribution in [0.1, 0.15) is 5.69 Å². The van der Waals surface area contributed by atoms with Crippen LogP contribution >= 0.6 is 12.2 Å². The van der Waals surface area contributed by atoms with Gasteiger partial charge in [-0.3, -0.25) is 4.79 Å². The zero-order chi connectivity index (χ0) is 24.1. The number of ether oxygens (including phenoxy) is 1. The van der Waals surface area contributed by atoms with Crippen LogP contribution in [-0.4, -0.2) is 98.4 Å². The number of thiocarbonyl (C=S) groups is 1. The Kier molecular flexibility index (Phi) is 8.07. The summed E-state index contributed by atoms with van der Waals surface area (Å²) < 4.78 is 35.8. The third-order valence-electron chi connectivity index (χ3n) is 5.12. The molecule has 1 saturated heterocycles. The molecule has 4 N–H and O–H groups in total. The summed E-state index contributed by atoms with van der Waals surface area (Å²) in [4.78, 5) is 14.9. The van der Waals surface area contributed by atoms with Gasteiger partial charge in [-0.15, -0.1) is 5.10 Å². The molecule has 3 rings (SSSR count). The summed E-state index contributed by atoms with van der Waals surface area (Å²) >= 11 is 4.87. The van der Waals surface area contributed by atoms with Crippen LogP contribution < -0.4 is 10.2 Å². The van der Waals surface area contributed by atoms with E-state index in [1.807, 2.05) is 0 Å². The number of carbonyl (C=O) groups is 1. The van der Waals surface area contributed by atoms with Crippen molar-refractivity contribution in [2.45, 2.75) is 18.8 Å². The van der Waals surface area contributed by atoms with Crippen molar-refractivity contribution in [3.8, 4) is 5.69 Å². The number of amides is 1. The van der Waals surface area contributed by atoms with Gasteiger partial charge in [-0.25, -0.2) is 13.5 Å². The molecule has 1 aliphatic heterocycles. The molecule has 0 aliphatic carbocycles. The maximum atomic E-state index is 14.9. The molecule has 0 radical (unpaired) electrons. The first-order valence-electron chi connectivity index (χ1n) is 9.98. The average Bonchev–Trinajstić information content (AvgIpc) is 3.30. The van der Waals surface area contributed by atoms with Crippen LogP contribution in [0.15, 0.2) is 18.3 Å². The summed E-state index contributed by atoms with van der Waals surface area (Å²) in [5.41, 5.74) is 0.375. The second-order valence-corrected chi connectivity index (χ2v) is 7.64. The molecular formula is C19H24F2N6O5S. The van der Waals surface area contributed by atoms with Crippen LogP contribution in [0.2, 0.25) is 0 Å². The minimum Gasteiger partial charge on any atom is -0.474 e. The molecule has 2 atom stereocenters. The number of benzene rings is 1. The molecule has 14 heteroatoms. The number of hydrogen-bond acceptors (Lipinski definition) is 9. The Morgan fingerprint density at radius 2 is 1.88 bits per heavy atom. The highest BCUT2D eigenvalue weighted by molar-refractivity contribution is 7.80. The number of nitrogens with zero attached hydrogens (tertiary/aromatic N) is 5. The van der Waals surface area contributed by atoms with Crippen molar-refractivity contribution in [3.05, 3.63) is 35.7 Å². The van der Waals surface area contributed by atoms with E-state index in [0.717, 1.165) is 12.1 Å². The number of aliphatic hydroxyl groups is 3. The summed E-state index contributed by atoms with van der Waals surface area (Å²) in [5, 5.41) is 38.8. The van der Waals surface area contributed by atoms with Crippen molar-refractivity contribution >= 4 is 29.0 Å². The second-order valence-electron chi connectivity index (χ2n) is 7.26. The predicted molar refractivity (Wildman–Crippen MR) is 116 cm³/mol. The molecule has 0 saturated carbocycles. The first-order valence-corrected chi connectivity index (χ1v) is 10.4. The van der Waals surface area contributed by atoms with Gasteiger partial charge >= 0.3 is 0 Å². The van der Waals surface area contributed by atoms with Crippen LogP contribution in [0.25, 0.3) is 5.69 Å². The monoisotopic (exact) mass is 486 g/mol. The van der Waals surface area contributed by atoms with Crippen molar-refractivity contribution in [3.63, 3.8) is 0 Å². The number of halogens is 2. The van der Waals surface area contributed by atoms with Crippen LogP contribution in [0.5, 0.6) is 0 Å². The highest BCUT2D eigenvalue weighted by Crippen LogP contribution is 2.27. The lowest BCUT2D eigenvalue weighted by Crippen LogP contribution is -2.54. The van der Waals surface area contributed by atoms with Crippen LogP contribution in [0.3, 0.4) is 0 Å². The second kappa shape index (κ2) is 10.8. The molecule has 0 bridgehead atoms. The lowest BCUT2D eigenvalue weighted by molar-refractivity contribution is -0.148. The number of methoxy groups -OCH3 is 1. The van der Waals surface area contributed by atoms with Crippen molar-refractivity contribution in [2.75, 3.05) is 44.8 Å². The van der Waals surface area contributed by atoms with E-state index in [4.69, 9.17) is 22.1 Å². The molecular weight excluding hydrogens is 462 g/mol. The van der Waals surface area contributed by atoms with Crippen molar-refractivity contribution in [1.82, 2.24) is 25.2 Å². The van der Waals surface area contributed by atoms with Gasteiger partial charge in [-0.1, -0.05) is 5.21 Å². The van der Waals surface area contributed by atoms with E-state index in [2.05, 4.69) is 15.6 Å². The topological polar surface area (TPSA) is 136 Å². The molecule has 1 amide bonds. The number of aromatic nitrogens is 3. The summed E-state index contributed by atoms with van der Waals surface area (Å²) in [6, 6.07) is 2.26. The molecule has 0 spiro atoms. The first kappa shape index (κ1) is 24.7. The van der Waals surface area contributed by atoms with E-state index in [-0.39, 0.29) is 49.3 Å². The van der Waals surface area contributed by atoms with Crippen LogP contribution in [0, 0.1) is 11.6 Å². The van der Waals surface area contributed by atoms with Gasteiger partial charge in [-0.2, -0.15) is 0 Å². The van der Waals surface area contributed by atoms with Crippen molar-refractivity contribution in [2.24, 2.45) is 0 Å². The Morgan fingerprint density at radius 3 is 2.45 bits per heavy atom. The minimum absolute atomic E-state index is 0.0808. The fourth-order valence-electron chi connectivity index (χ4n) is 3.33. The highest BCUT2D eigenvalue weighted by atomic mass is 32.1. The summed E-state index contributed by atoms with van der Waals surface area (Å²) in [6.45, 7) is -0.156. The third kappa shape index (κ3) is 5.71. The fourth-order valence-corrected chi connectivity index (χ4v) is 3.40. The minimum atomic E-state index is -1.76. The van der Waals surface area contributed by atoms with E-state index in [0.29, 0.717) is 5.69 Å². The van der Waals surface area contributed by atoms with E-state index in [1.54, 1.807) is 0 Å². The Hall–Kier alpha value is -2.94. The summed E-state index contributed by atoms with van der Waals surface area (Å²) in [5.74, 6) is -2.37. The SMILES string of the molecule is COC(=S)NCc1cn(-c2cc(F)c(N3CCN(C(=O)C(O)[C@@H](O)CO)CC3)c(F)c2)nn1. The van der Waals surface area contributed by atoms with Gasteiger partial charge in [0, 0.05) is 38.3 Å². The van der Waals surface area contributed by atoms with E-state index in [9.17, 15) is 23.8 Å². The zero-order valence-electron chi connectivity index (χ0n) is 17.7. The maximum absolute atomic E-state index is 14.9. The van der Waals surface area contributed by atoms with Crippen molar-refractivity contribution in [1.29, 1.82) is 0 Å². The average molecular weight is 487 g/mol. The smallest absolute Gasteiger partial charge is 0.256 e.